The minimum Gasteiger partial charge on any atom is -0.337 e. The fourth-order valence-corrected chi connectivity index (χ4v) is 3.99. The van der Waals surface area contributed by atoms with Crippen molar-refractivity contribution in [3.63, 3.8) is 0 Å². The number of carbonyl (C=O) groups is 1. The molecule has 0 bridgehead atoms. The lowest BCUT2D eigenvalue weighted by Crippen LogP contribution is -2.47. The van der Waals surface area contributed by atoms with Crippen LogP contribution in [0.15, 0.2) is 53.1 Å². The number of halogens is 1. The second-order valence-corrected chi connectivity index (χ2v) is 8.62. The summed E-state index contributed by atoms with van der Waals surface area (Å²) < 4.78 is 5.56. The van der Waals surface area contributed by atoms with E-state index in [-0.39, 0.29) is 11.9 Å². The van der Waals surface area contributed by atoms with Gasteiger partial charge < -0.3 is 14.7 Å². The van der Waals surface area contributed by atoms with Crippen LogP contribution >= 0.6 is 11.6 Å². The van der Waals surface area contributed by atoms with Crippen LogP contribution in [-0.4, -0.2) is 58.6 Å². The van der Waals surface area contributed by atoms with Gasteiger partial charge in [0, 0.05) is 55.4 Å². The van der Waals surface area contributed by atoms with Gasteiger partial charge in [-0.3, -0.25) is 9.69 Å². The highest BCUT2D eigenvalue weighted by Gasteiger charge is 2.26. The van der Waals surface area contributed by atoms with E-state index in [1.165, 1.54) is 5.56 Å². The Balaban J connectivity index is 1.24. The first-order chi connectivity index (χ1) is 15.5. The number of hydrogen-bond acceptors (Lipinski definition) is 6. The number of hydrogen-bond donors (Lipinski definition) is 1. The molecule has 8 heteroatoms. The van der Waals surface area contributed by atoms with Crippen molar-refractivity contribution in [2.45, 2.75) is 26.3 Å². The third-order valence-corrected chi connectivity index (χ3v) is 6.06. The summed E-state index contributed by atoms with van der Waals surface area (Å²) >= 11 is 5.97. The highest BCUT2D eigenvalue weighted by atomic mass is 35.5. The third kappa shape index (κ3) is 5.73. The molecule has 0 aliphatic carbocycles. The van der Waals surface area contributed by atoms with Crippen LogP contribution in [0.25, 0.3) is 11.4 Å². The zero-order valence-electron chi connectivity index (χ0n) is 18.4. The van der Waals surface area contributed by atoms with Crippen molar-refractivity contribution in [3.8, 4) is 11.4 Å². The van der Waals surface area contributed by atoms with Crippen LogP contribution in [0.3, 0.4) is 0 Å². The Morgan fingerprint density at radius 2 is 1.91 bits per heavy atom. The first-order valence-electron chi connectivity index (χ1n) is 10.9. The molecule has 168 valence electrons. The van der Waals surface area contributed by atoms with E-state index in [2.05, 4.69) is 39.1 Å². The topological polar surface area (TPSA) is 74.5 Å². The van der Waals surface area contributed by atoms with Crippen LogP contribution in [-0.2, 0) is 4.79 Å². The summed E-state index contributed by atoms with van der Waals surface area (Å²) in [6.07, 6.45) is 0.450. The van der Waals surface area contributed by atoms with Gasteiger partial charge in [-0.05, 0) is 32.0 Å². The van der Waals surface area contributed by atoms with Gasteiger partial charge in [0.05, 0.1) is 6.04 Å². The van der Waals surface area contributed by atoms with Gasteiger partial charge in [0.15, 0.2) is 0 Å². The van der Waals surface area contributed by atoms with E-state index < -0.39 is 0 Å². The number of nitrogens with one attached hydrogen (secondary N) is 1. The Hall–Kier alpha value is -2.74. The van der Waals surface area contributed by atoms with E-state index in [9.17, 15) is 4.79 Å². The molecule has 1 saturated heterocycles. The minimum atomic E-state index is -0.00226. The summed E-state index contributed by atoms with van der Waals surface area (Å²) in [6.45, 7) is 8.45. The van der Waals surface area contributed by atoms with Crippen LogP contribution in [0.1, 0.15) is 30.8 Å². The van der Waals surface area contributed by atoms with Gasteiger partial charge in [-0.2, -0.15) is 4.98 Å². The number of aryl methyl sites for hydroxylation is 1. The molecule has 1 amide bonds. The first kappa shape index (κ1) is 22.5. The van der Waals surface area contributed by atoms with Crippen LogP contribution in [0.4, 0.5) is 5.69 Å². The number of piperazine rings is 1. The fraction of sp³-hybridized carbons (Fsp3) is 0.375. The van der Waals surface area contributed by atoms with Gasteiger partial charge in [-0.1, -0.05) is 52.7 Å². The van der Waals surface area contributed by atoms with E-state index >= 15 is 0 Å². The first-order valence-corrected chi connectivity index (χ1v) is 11.3. The van der Waals surface area contributed by atoms with Gasteiger partial charge in [-0.25, -0.2) is 0 Å². The van der Waals surface area contributed by atoms with E-state index in [1.807, 2.05) is 36.4 Å². The molecule has 1 atom stereocenters. The lowest BCUT2D eigenvalue weighted by Gasteiger charge is -2.36. The monoisotopic (exact) mass is 453 g/mol. The van der Waals surface area contributed by atoms with Crippen molar-refractivity contribution >= 4 is 23.2 Å². The Bertz CT molecular complexity index is 1040. The van der Waals surface area contributed by atoms with Crippen LogP contribution in [0.2, 0.25) is 5.02 Å². The molecule has 7 nitrogen and oxygen atoms in total. The highest BCUT2D eigenvalue weighted by Crippen LogP contribution is 2.24. The second-order valence-electron chi connectivity index (χ2n) is 8.18. The lowest BCUT2D eigenvalue weighted by atomic mass is 10.1. The molecule has 1 unspecified atom stereocenters. The largest absolute Gasteiger partial charge is 0.337 e. The molecule has 1 N–H and O–H groups in total. The van der Waals surface area contributed by atoms with Crippen molar-refractivity contribution in [1.82, 2.24) is 19.9 Å². The normalized spacial score (nSPS) is 16.1. The summed E-state index contributed by atoms with van der Waals surface area (Å²) in [6, 6.07) is 15.4. The molecule has 2 aromatic carbocycles. The van der Waals surface area contributed by atoms with Crippen molar-refractivity contribution in [3.05, 3.63) is 65.0 Å². The SMILES string of the molecule is Cc1ccc(-c2noc(C(C)N3CCN(CCC(=O)Nc4cccc(Cl)c4)CC3)n2)cc1. The standard InChI is InChI=1S/C24H28ClN5O2/c1-17-6-8-19(9-7-17)23-27-24(32-28-23)18(2)30-14-12-29(13-15-30)11-10-22(31)26-21-5-3-4-20(25)16-21/h3-9,16,18H,10-15H2,1-2H3,(H,26,31). The number of rotatable bonds is 7. The van der Waals surface area contributed by atoms with Crippen molar-refractivity contribution in [2.75, 3.05) is 38.0 Å². The van der Waals surface area contributed by atoms with E-state index in [0.717, 1.165) is 44.0 Å². The molecular weight excluding hydrogens is 426 g/mol. The van der Waals surface area contributed by atoms with Crippen molar-refractivity contribution < 1.29 is 9.32 Å². The summed E-state index contributed by atoms with van der Waals surface area (Å²) in [5, 5.41) is 7.67. The lowest BCUT2D eigenvalue weighted by molar-refractivity contribution is -0.116. The van der Waals surface area contributed by atoms with Gasteiger partial charge in [-0.15, -0.1) is 0 Å². The molecule has 1 aliphatic heterocycles. The number of aromatic nitrogens is 2. The number of amides is 1. The van der Waals surface area contributed by atoms with Gasteiger partial charge in [0.25, 0.3) is 0 Å². The molecule has 0 spiro atoms. The quantitative estimate of drug-likeness (QED) is 0.571. The smallest absolute Gasteiger partial charge is 0.244 e. The maximum absolute atomic E-state index is 12.2. The number of benzene rings is 2. The predicted molar refractivity (Wildman–Crippen MR) is 126 cm³/mol. The summed E-state index contributed by atoms with van der Waals surface area (Å²) in [4.78, 5) is 21.5. The van der Waals surface area contributed by atoms with Crippen LogP contribution < -0.4 is 5.32 Å². The molecule has 2 heterocycles. The van der Waals surface area contributed by atoms with Gasteiger partial charge in [0.2, 0.25) is 17.6 Å². The molecule has 4 rings (SSSR count). The molecule has 1 aliphatic rings. The summed E-state index contributed by atoms with van der Waals surface area (Å²) in [5.74, 6) is 1.25. The Kier molecular flexibility index (Phi) is 7.19. The Morgan fingerprint density at radius 1 is 1.16 bits per heavy atom. The highest BCUT2D eigenvalue weighted by molar-refractivity contribution is 6.30. The van der Waals surface area contributed by atoms with E-state index in [1.54, 1.807) is 12.1 Å². The number of nitrogens with zero attached hydrogens (tertiary/aromatic N) is 4. The second kappa shape index (κ2) is 10.3. The van der Waals surface area contributed by atoms with E-state index in [4.69, 9.17) is 16.1 Å². The molecule has 0 radical (unpaired) electrons. The number of carbonyl (C=O) groups excluding carboxylic acids is 1. The van der Waals surface area contributed by atoms with Crippen molar-refractivity contribution in [2.24, 2.45) is 0 Å². The molecule has 3 aromatic rings. The molecule has 0 saturated carbocycles. The molecule has 1 aromatic heterocycles. The third-order valence-electron chi connectivity index (χ3n) is 5.83. The van der Waals surface area contributed by atoms with Crippen LogP contribution in [0, 0.1) is 6.92 Å². The van der Waals surface area contributed by atoms with E-state index in [0.29, 0.717) is 23.2 Å². The maximum Gasteiger partial charge on any atom is 0.244 e. The van der Waals surface area contributed by atoms with Crippen molar-refractivity contribution in [1.29, 1.82) is 0 Å². The minimum absolute atomic E-state index is 0.00226. The Labute approximate surface area is 193 Å². The average molecular weight is 454 g/mol. The maximum atomic E-state index is 12.2. The molecule has 32 heavy (non-hydrogen) atoms. The van der Waals surface area contributed by atoms with Gasteiger partial charge >= 0.3 is 0 Å². The Morgan fingerprint density at radius 3 is 2.62 bits per heavy atom. The number of anilines is 1. The van der Waals surface area contributed by atoms with Gasteiger partial charge in [0.1, 0.15) is 0 Å². The fourth-order valence-electron chi connectivity index (χ4n) is 3.80. The summed E-state index contributed by atoms with van der Waals surface area (Å²) in [7, 11) is 0. The molecular formula is C24H28ClN5O2. The molecule has 1 fully saturated rings. The zero-order valence-corrected chi connectivity index (χ0v) is 19.2. The van der Waals surface area contributed by atoms with Crippen LogP contribution in [0.5, 0.6) is 0 Å². The average Bonchev–Trinajstić information content (AvgIpc) is 3.28. The summed E-state index contributed by atoms with van der Waals surface area (Å²) in [5.41, 5.74) is 2.88. The predicted octanol–water partition coefficient (Wildman–Crippen LogP) is 4.41. The zero-order chi connectivity index (χ0) is 22.5.